The van der Waals surface area contributed by atoms with Crippen molar-refractivity contribution in [2.45, 2.75) is 6.92 Å². The van der Waals surface area contributed by atoms with E-state index in [9.17, 15) is 19.8 Å². The number of furan rings is 1. The number of hydrogen-bond acceptors (Lipinski definition) is 5. The largest absolute Gasteiger partial charge is 0.545 e. The number of aliphatic carboxylic acids is 2. The van der Waals surface area contributed by atoms with E-state index in [1.807, 2.05) is 22.6 Å². The van der Waals surface area contributed by atoms with Crippen LogP contribution in [0.2, 0.25) is 0 Å². The summed E-state index contributed by atoms with van der Waals surface area (Å²) >= 11 is 1.92. The first-order valence-corrected chi connectivity index (χ1v) is 5.56. The Kier molecular flexibility index (Phi) is 4.50. The minimum Gasteiger partial charge on any atom is -0.545 e. The van der Waals surface area contributed by atoms with Gasteiger partial charge in [-0.1, -0.05) is 0 Å². The third kappa shape index (κ3) is 4.06. The standard InChI is InChI=1S/C11H9IO5/c1-6(4-10(13)14)8(11(15)16)5-7-2-3-9(12)17-7/h2-5H,1H3,(H,13,14)(H,15,16)/p-2/b6-4-,8-5-. The SMILES string of the molecule is CC(=C/C(=O)[O-])/C(=C/c1ccc(I)o1)C(=O)[O-]. The second kappa shape index (κ2) is 5.67. The summed E-state index contributed by atoms with van der Waals surface area (Å²) in [6, 6.07) is 3.22. The van der Waals surface area contributed by atoms with Crippen LogP contribution in [0.25, 0.3) is 6.08 Å². The van der Waals surface area contributed by atoms with E-state index in [1.54, 1.807) is 12.1 Å². The molecule has 0 atom stereocenters. The van der Waals surface area contributed by atoms with Crippen molar-refractivity contribution in [2.75, 3.05) is 0 Å². The summed E-state index contributed by atoms with van der Waals surface area (Å²) in [6.07, 6.45) is 1.89. The average Bonchev–Trinajstić information content (AvgIpc) is 2.58. The number of rotatable bonds is 4. The highest BCUT2D eigenvalue weighted by Gasteiger charge is 2.04. The van der Waals surface area contributed by atoms with Crippen molar-refractivity contribution in [2.24, 2.45) is 0 Å². The van der Waals surface area contributed by atoms with E-state index in [0.717, 1.165) is 0 Å². The van der Waals surface area contributed by atoms with Crippen LogP contribution >= 0.6 is 22.6 Å². The molecule has 1 heterocycles. The van der Waals surface area contributed by atoms with Gasteiger partial charge in [0, 0.05) is 5.57 Å². The van der Waals surface area contributed by atoms with Gasteiger partial charge < -0.3 is 24.2 Å². The van der Waals surface area contributed by atoms with Gasteiger partial charge in [0.05, 0.1) is 11.9 Å². The molecule has 0 saturated carbocycles. The molecule has 0 aliphatic carbocycles. The fourth-order valence-corrected chi connectivity index (χ4v) is 1.57. The molecular weight excluding hydrogens is 339 g/mol. The molecule has 6 heteroatoms. The van der Waals surface area contributed by atoms with Gasteiger partial charge in [-0.25, -0.2) is 0 Å². The number of carbonyl (C=O) groups excluding carboxylic acids is 2. The molecule has 0 aliphatic heterocycles. The van der Waals surface area contributed by atoms with Crippen LogP contribution in [0.4, 0.5) is 0 Å². The second-order valence-corrected chi connectivity index (χ2v) is 4.20. The Hall–Kier alpha value is -1.57. The van der Waals surface area contributed by atoms with Gasteiger partial charge in [0.1, 0.15) is 5.76 Å². The van der Waals surface area contributed by atoms with Crippen LogP contribution in [0.15, 0.2) is 33.8 Å². The molecule has 1 aromatic heterocycles. The lowest BCUT2D eigenvalue weighted by atomic mass is 10.1. The minimum absolute atomic E-state index is 0.0245. The van der Waals surface area contributed by atoms with Crippen LogP contribution in [-0.2, 0) is 9.59 Å². The first kappa shape index (κ1) is 13.5. The maximum absolute atomic E-state index is 10.9. The Balaban J connectivity index is 3.14. The Morgan fingerprint density at radius 1 is 1.35 bits per heavy atom. The van der Waals surface area contributed by atoms with E-state index in [0.29, 0.717) is 15.6 Å². The fourth-order valence-electron chi connectivity index (χ4n) is 1.14. The third-order valence-corrected chi connectivity index (χ3v) is 2.44. The summed E-state index contributed by atoms with van der Waals surface area (Å²) < 4.78 is 5.74. The highest BCUT2D eigenvalue weighted by Crippen LogP contribution is 2.17. The first-order chi connectivity index (χ1) is 7.90. The highest BCUT2D eigenvalue weighted by molar-refractivity contribution is 14.1. The molecule has 1 aromatic rings. The monoisotopic (exact) mass is 346 g/mol. The van der Waals surface area contributed by atoms with Crippen molar-refractivity contribution in [3.8, 4) is 0 Å². The van der Waals surface area contributed by atoms with Gasteiger partial charge in [0.15, 0.2) is 3.77 Å². The Morgan fingerprint density at radius 2 is 2.00 bits per heavy atom. The predicted molar refractivity (Wildman–Crippen MR) is 63.2 cm³/mol. The highest BCUT2D eigenvalue weighted by atomic mass is 127. The zero-order valence-corrected chi connectivity index (χ0v) is 10.9. The summed E-state index contributed by atoms with van der Waals surface area (Å²) in [5.41, 5.74) is -0.239. The molecule has 5 nitrogen and oxygen atoms in total. The van der Waals surface area contributed by atoms with Gasteiger partial charge in [0.25, 0.3) is 0 Å². The van der Waals surface area contributed by atoms with Crippen LogP contribution in [0.3, 0.4) is 0 Å². The molecule has 0 amide bonds. The van der Waals surface area contributed by atoms with Crippen LogP contribution in [0.1, 0.15) is 12.7 Å². The van der Waals surface area contributed by atoms with Crippen molar-refractivity contribution < 1.29 is 24.2 Å². The number of carbonyl (C=O) groups is 2. The van der Waals surface area contributed by atoms with E-state index in [-0.39, 0.29) is 11.1 Å². The van der Waals surface area contributed by atoms with Crippen molar-refractivity contribution in [3.05, 3.63) is 38.9 Å². The summed E-state index contributed by atoms with van der Waals surface area (Å²) in [5, 5.41) is 21.2. The molecular formula is C11H7IO5-2. The maximum atomic E-state index is 10.9. The Bertz CT molecular complexity index is 510. The summed E-state index contributed by atoms with van der Waals surface area (Å²) in [6.45, 7) is 1.34. The van der Waals surface area contributed by atoms with E-state index >= 15 is 0 Å². The number of halogens is 1. The normalized spacial score (nSPS) is 12.6. The summed E-state index contributed by atoms with van der Waals surface area (Å²) in [5.74, 6) is -2.64. The smallest absolute Gasteiger partial charge is 0.164 e. The van der Waals surface area contributed by atoms with Crippen LogP contribution in [0.5, 0.6) is 0 Å². The Morgan fingerprint density at radius 3 is 2.41 bits per heavy atom. The lowest BCUT2D eigenvalue weighted by Gasteiger charge is -2.09. The quantitative estimate of drug-likeness (QED) is 0.425. The maximum Gasteiger partial charge on any atom is 0.164 e. The van der Waals surface area contributed by atoms with Crippen molar-refractivity contribution in [3.63, 3.8) is 0 Å². The molecule has 1 rings (SSSR count). The zero-order chi connectivity index (χ0) is 13.0. The van der Waals surface area contributed by atoms with Crippen molar-refractivity contribution in [1.82, 2.24) is 0 Å². The van der Waals surface area contributed by atoms with Crippen LogP contribution < -0.4 is 10.2 Å². The van der Waals surface area contributed by atoms with Crippen LogP contribution in [0, 0.1) is 3.77 Å². The molecule has 0 spiro atoms. The van der Waals surface area contributed by atoms with Gasteiger partial charge in [-0.3, -0.25) is 0 Å². The predicted octanol–water partition coefficient (Wildman–Crippen LogP) is -0.286. The van der Waals surface area contributed by atoms with Crippen molar-refractivity contribution >= 4 is 40.6 Å². The van der Waals surface area contributed by atoms with Gasteiger partial charge in [-0.2, -0.15) is 0 Å². The van der Waals surface area contributed by atoms with E-state index < -0.39 is 11.9 Å². The lowest BCUT2D eigenvalue weighted by Crippen LogP contribution is -2.26. The minimum atomic E-state index is -1.48. The first-order valence-electron chi connectivity index (χ1n) is 4.48. The summed E-state index contributed by atoms with van der Waals surface area (Å²) in [4.78, 5) is 21.2. The second-order valence-electron chi connectivity index (χ2n) is 3.13. The van der Waals surface area contributed by atoms with Crippen molar-refractivity contribution in [1.29, 1.82) is 0 Å². The van der Waals surface area contributed by atoms with Crippen LogP contribution in [-0.4, -0.2) is 11.9 Å². The molecule has 0 saturated heterocycles. The molecule has 0 radical (unpaired) electrons. The van der Waals surface area contributed by atoms with Gasteiger partial charge in [-0.05, 0) is 59.4 Å². The molecule has 0 aliphatic rings. The molecule has 0 unspecified atom stereocenters. The molecule has 0 bridgehead atoms. The van der Waals surface area contributed by atoms with Gasteiger partial charge in [-0.15, -0.1) is 0 Å². The lowest BCUT2D eigenvalue weighted by molar-refractivity contribution is -0.298. The van der Waals surface area contributed by atoms with Gasteiger partial charge >= 0.3 is 0 Å². The molecule has 0 N–H and O–H groups in total. The van der Waals surface area contributed by atoms with E-state index in [4.69, 9.17) is 4.42 Å². The third-order valence-electron chi connectivity index (χ3n) is 1.86. The fraction of sp³-hybridized carbons (Fsp3) is 0.0909. The summed E-state index contributed by atoms with van der Waals surface area (Å²) in [7, 11) is 0. The number of carboxylic acid groups (broad SMARTS) is 2. The number of carboxylic acids is 2. The molecule has 90 valence electrons. The van der Waals surface area contributed by atoms with E-state index in [2.05, 4.69) is 0 Å². The average molecular weight is 346 g/mol. The number of hydrogen-bond donors (Lipinski definition) is 0. The molecule has 0 fully saturated rings. The van der Waals surface area contributed by atoms with E-state index in [1.165, 1.54) is 13.0 Å². The molecule has 17 heavy (non-hydrogen) atoms. The topological polar surface area (TPSA) is 93.4 Å². The van der Waals surface area contributed by atoms with Gasteiger partial charge in [0.2, 0.25) is 0 Å². The zero-order valence-electron chi connectivity index (χ0n) is 8.73. The molecule has 0 aromatic carbocycles. The Labute approximate surface area is 111 Å².